The molecule has 1 aliphatic carbocycles. The zero-order valence-corrected chi connectivity index (χ0v) is 12.1. The van der Waals surface area contributed by atoms with E-state index in [0.29, 0.717) is 30.8 Å². The average molecular weight is 300 g/mol. The summed E-state index contributed by atoms with van der Waals surface area (Å²) >= 11 is 0. The number of amides is 1. The Kier molecular flexibility index (Phi) is 3.03. The molecule has 2 aromatic rings. The number of pyridine rings is 1. The molecule has 0 spiro atoms. The van der Waals surface area contributed by atoms with E-state index in [9.17, 15) is 9.18 Å². The molecule has 3 atom stereocenters. The number of carboxylic acid groups (broad SMARTS) is 1. The molecular weight excluding hydrogens is 283 g/mol. The Hall–Kier alpha value is -2.17. The number of hydrogen-bond acceptors (Lipinski definition) is 2. The van der Waals surface area contributed by atoms with E-state index < -0.39 is 6.09 Å². The smallest absolute Gasteiger partial charge is 0.407 e. The van der Waals surface area contributed by atoms with E-state index in [2.05, 4.69) is 4.98 Å². The van der Waals surface area contributed by atoms with E-state index >= 15 is 0 Å². The summed E-state index contributed by atoms with van der Waals surface area (Å²) in [5.41, 5.74) is 1.98. The molecule has 1 saturated carbocycles. The van der Waals surface area contributed by atoms with E-state index in [1.807, 2.05) is 6.07 Å². The standard InChI is InChI=1S/C17H17FN2O2/c18-13-1-2-16-15(7-13)14(3-4-19-16)10-5-11-8-20(17(21)22)9-12(11)6-10/h1-4,7,10-12H,5-6,8-9H2,(H,21,22)/t10?,11-,12+. The van der Waals surface area contributed by atoms with Crippen LogP contribution in [0.2, 0.25) is 0 Å². The highest BCUT2D eigenvalue weighted by atomic mass is 19.1. The van der Waals surface area contributed by atoms with Gasteiger partial charge in [0.05, 0.1) is 5.52 Å². The van der Waals surface area contributed by atoms with Crippen molar-refractivity contribution in [3.63, 3.8) is 0 Å². The van der Waals surface area contributed by atoms with Crippen molar-refractivity contribution in [1.29, 1.82) is 0 Å². The zero-order valence-electron chi connectivity index (χ0n) is 12.1. The van der Waals surface area contributed by atoms with Gasteiger partial charge in [-0.15, -0.1) is 0 Å². The third-order valence-corrected chi connectivity index (χ3v) is 5.20. The molecule has 4 rings (SSSR count). The van der Waals surface area contributed by atoms with Crippen molar-refractivity contribution in [1.82, 2.24) is 9.88 Å². The van der Waals surface area contributed by atoms with Crippen LogP contribution in [-0.2, 0) is 0 Å². The SMILES string of the molecule is O=C(O)N1C[C@H]2CC(c3ccnc4ccc(F)cc34)C[C@H]2C1. The summed E-state index contributed by atoms with van der Waals surface area (Å²) < 4.78 is 13.6. The van der Waals surface area contributed by atoms with Gasteiger partial charge in [0.1, 0.15) is 5.82 Å². The molecule has 1 aromatic carbocycles. The van der Waals surface area contributed by atoms with Gasteiger partial charge in [0.2, 0.25) is 0 Å². The minimum Gasteiger partial charge on any atom is -0.465 e. The largest absolute Gasteiger partial charge is 0.465 e. The van der Waals surface area contributed by atoms with E-state index in [4.69, 9.17) is 5.11 Å². The molecule has 2 aliphatic rings. The van der Waals surface area contributed by atoms with Gasteiger partial charge in [-0.25, -0.2) is 9.18 Å². The average Bonchev–Trinajstić information content (AvgIpc) is 3.05. The molecule has 1 N–H and O–H groups in total. The summed E-state index contributed by atoms with van der Waals surface area (Å²) in [7, 11) is 0. The summed E-state index contributed by atoms with van der Waals surface area (Å²) in [6, 6.07) is 6.71. The number of halogens is 1. The lowest BCUT2D eigenvalue weighted by atomic mass is 9.93. The van der Waals surface area contributed by atoms with Crippen molar-refractivity contribution in [3.05, 3.63) is 41.8 Å². The number of hydrogen-bond donors (Lipinski definition) is 1. The fourth-order valence-corrected chi connectivity index (χ4v) is 4.21. The Balaban J connectivity index is 1.63. The van der Waals surface area contributed by atoms with Crippen LogP contribution in [0.4, 0.5) is 9.18 Å². The third-order valence-electron chi connectivity index (χ3n) is 5.20. The zero-order chi connectivity index (χ0) is 15.3. The molecule has 114 valence electrons. The minimum atomic E-state index is -0.817. The number of likely N-dealkylation sites (tertiary alicyclic amines) is 1. The van der Waals surface area contributed by atoms with Gasteiger partial charge in [-0.05, 0) is 60.4 Å². The fraction of sp³-hybridized carbons (Fsp3) is 0.412. The fourth-order valence-electron chi connectivity index (χ4n) is 4.21. The van der Waals surface area contributed by atoms with Crippen molar-refractivity contribution < 1.29 is 14.3 Å². The van der Waals surface area contributed by atoms with Crippen molar-refractivity contribution in [2.24, 2.45) is 11.8 Å². The van der Waals surface area contributed by atoms with Gasteiger partial charge in [-0.2, -0.15) is 0 Å². The second-order valence-corrected chi connectivity index (χ2v) is 6.44. The first-order valence-corrected chi connectivity index (χ1v) is 7.64. The summed E-state index contributed by atoms with van der Waals surface area (Å²) in [4.78, 5) is 16.9. The van der Waals surface area contributed by atoms with Crippen LogP contribution in [0.15, 0.2) is 30.5 Å². The Morgan fingerprint density at radius 3 is 2.64 bits per heavy atom. The molecule has 4 nitrogen and oxygen atoms in total. The minimum absolute atomic E-state index is 0.239. The predicted molar refractivity (Wildman–Crippen MR) is 80.3 cm³/mol. The van der Waals surface area contributed by atoms with Crippen LogP contribution in [0.1, 0.15) is 24.3 Å². The summed E-state index contributed by atoms with van der Waals surface area (Å²) in [5, 5.41) is 9.99. The Morgan fingerprint density at radius 2 is 1.95 bits per heavy atom. The maximum absolute atomic E-state index is 13.6. The van der Waals surface area contributed by atoms with Crippen LogP contribution >= 0.6 is 0 Å². The lowest BCUT2D eigenvalue weighted by molar-refractivity contribution is 0.152. The first-order chi connectivity index (χ1) is 10.6. The van der Waals surface area contributed by atoms with Crippen LogP contribution in [0.25, 0.3) is 10.9 Å². The quantitative estimate of drug-likeness (QED) is 0.877. The van der Waals surface area contributed by atoms with Gasteiger partial charge in [0.15, 0.2) is 0 Å². The van der Waals surface area contributed by atoms with Crippen LogP contribution in [0, 0.1) is 17.7 Å². The molecule has 1 aromatic heterocycles. The maximum atomic E-state index is 13.6. The Bertz CT molecular complexity index is 735. The molecule has 1 saturated heterocycles. The van der Waals surface area contributed by atoms with Gasteiger partial charge < -0.3 is 10.0 Å². The second-order valence-electron chi connectivity index (χ2n) is 6.44. The van der Waals surface area contributed by atoms with Gasteiger partial charge in [-0.3, -0.25) is 4.98 Å². The van der Waals surface area contributed by atoms with E-state index in [1.165, 1.54) is 11.0 Å². The summed E-state index contributed by atoms with van der Waals surface area (Å²) in [6.07, 6.45) is 2.92. The van der Waals surface area contributed by atoms with Crippen molar-refractivity contribution in [2.45, 2.75) is 18.8 Å². The van der Waals surface area contributed by atoms with Crippen LogP contribution in [0.5, 0.6) is 0 Å². The third kappa shape index (κ3) is 2.12. The molecule has 0 bridgehead atoms. The van der Waals surface area contributed by atoms with Crippen molar-refractivity contribution in [3.8, 4) is 0 Å². The van der Waals surface area contributed by atoms with E-state index in [-0.39, 0.29) is 5.82 Å². The van der Waals surface area contributed by atoms with Crippen LogP contribution in [0.3, 0.4) is 0 Å². The highest BCUT2D eigenvalue weighted by Gasteiger charge is 2.43. The first-order valence-electron chi connectivity index (χ1n) is 7.64. The highest BCUT2D eigenvalue weighted by Crippen LogP contribution is 2.47. The molecule has 22 heavy (non-hydrogen) atoms. The highest BCUT2D eigenvalue weighted by molar-refractivity contribution is 5.82. The van der Waals surface area contributed by atoms with E-state index in [1.54, 1.807) is 18.3 Å². The number of nitrogens with zero attached hydrogens (tertiary/aromatic N) is 2. The molecule has 1 aliphatic heterocycles. The molecule has 5 heteroatoms. The molecule has 1 unspecified atom stereocenters. The first kappa shape index (κ1) is 13.5. The summed E-state index contributed by atoms with van der Waals surface area (Å²) in [6.45, 7) is 1.27. The van der Waals surface area contributed by atoms with Crippen LogP contribution < -0.4 is 0 Å². The Morgan fingerprint density at radius 1 is 1.23 bits per heavy atom. The predicted octanol–water partition coefficient (Wildman–Crippen LogP) is 3.48. The molecule has 2 heterocycles. The normalized spacial score (nSPS) is 27.3. The Labute approximate surface area is 127 Å². The van der Waals surface area contributed by atoms with Crippen molar-refractivity contribution in [2.75, 3.05) is 13.1 Å². The lowest BCUT2D eigenvalue weighted by Crippen LogP contribution is -2.27. The topological polar surface area (TPSA) is 53.4 Å². The second kappa shape index (κ2) is 4.93. The molecular formula is C17H17FN2O2. The number of carbonyl (C=O) groups is 1. The maximum Gasteiger partial charge on any atom is 0.407 e. The van der Waals surface area contributed by atoms with Gasteiger partial charge in [0.25, 0.3) is 0 Å². The molecule has 0 radical (unpaired) electrons. The lowest BCUT2D eigenvalue weighted by Gasteiger charge is -2.17. The van der Waals surface area contributed by atoms with E-state index in [0.717, 1.165) is 29.3 Å². The number of benzene rings is 1. The monoisotopic (exact) mass is 300 g/mol. The van der Waals surface area contributed by atoms with Gasteiger partial charge in [-0.1, -0.05) is 0 Å². The summed E-state index contributed by atoms with van der Waals surface area (Å²) in [5.74, 6) is 0.992. The van der Waals surface area contributed by atoms with Gasteiger partial charge >= 0.3 is 6.09 Å². The number of fused-ring (bicyclic) bond motifs is 2. The molecule has 1 amide bonds. The number of rotatable bonds is 1. The molecule has 2 fully saturated rings. The number of aromatic nitrogens is 1. The van der Waals surface area contributed by atoms with Crippen LogP contribution in [-0.4, -0.2) is 34.2 Å². The van der Waals surface area contributed by atoms with Crippen molar-refractivity contribution >= 4 is 17.0 Å². The van der Waals surface area contributed by atoms with Gasteiger partial charge in [0, 0.05) is 24.7 Å².